The van der Waals surface area contributed by atoms with Crippen LogP contribution < -0.4 is 10.1 Å². The second-order valence-electron chi connectivity index (χ2n) is 7.65. The SMILES string of the molecule is CC=C(NCCc1cc(C)c(C)c(-c2ccc(F)cc2)n1)c1ccc(OC(F)F)c(C)c1. The fraction of sp³-hybridized carbons (Fsp3) is 0.269. The van der Waals surface area contributed by atoms with Gasteiger partial charge in [-0.2, -0.15) is 8.78 Å². The first-order valence-electron chi connectivity index (χ1n) is 10.5. The molecule has 0 radical (unpaired) electrons. The number of pyridine rings is 1. The number of halogens is 3. The lowest BCUT2D eigenvalue weighted by Gasteiger charge is -2.15. The molecule has 0 bridgehead atoms. The van der Waals surface area contributed by atoms with E-state index < -0.39 is 6.61 Å². The lowest BCUT2D eigenvalue weighted by molar-refractivity contribution is -0.0502. The Morgan fingerprint density at radius 1 is 1.03 bits per heavy atom. The molecule has 0 aliphatic heterocycles. The molecular formula is C26H27F3N2O. The third kappa shape index (κ3) is 5.69. The van der Waals surface area contributed by atoms with Gasteiger partial charge in [-0.1, -0.05) is 6.08 Å². The topological polar surface area (TPSA) is 34.2 Å². The highest BCUT2D eigenvalue weighted by atomic mass is 19.3. The van der Waals surface area contributed by atoms with Crippen molar-refractivity contribution >= 4 is 5.70 Å². The Kier molecular flexibility index (Phi) is 7.57. The summed E-state index contributed by atoms with van der Waals surface area (Å²) in [6.45, 7) is 5.53. The number of rotatable bonds is 8. The molecule has 0 aliphatic carbocycles. The van der Waals surface area contributed by atoms with Gasteiger partial charge < -0.3 is 10.1 Å². The van der Waals surface area contributed by atoms with Gasteiger partial charge in [-0.3, -0.25) is 4.98 Å². The Labute approximate surface area is 187 Å². The first-order valence-corrected chi connectivity index (χ1v) is 10.5. The number of allylic oxidation sites excluding steroid dienone is 1. The zero-order valence-corrected chi connectivity index (χ0v) is 18.7. The number of nitrogens with one attached hydrogen (secondary N) is 1. The van der Waals surface area contributed by atoms with Crippen LogP contribution in [0.2, 0.25) is 0 Å². The normalized spacial score (nSPS) is 11.7. The average Bonchev–Trinajstić information content (AvgIpc) is 2.75. The molecule has 0 unspecified atom stereocenters. The number of hydrogen-bond acceptors (Lipinski definition) is 3. The molecule has 0 saturated carbocycles. The number of hydrogen-bond donors (Lipinski definition) is 1. The van der Waals surface area contributed by atoms with Gasteiger partial charge in [-0.15, -0.1) is 0 Å². The molecule has 2 aromatic carbocycles. The molecule has 1 aromatic heterocycles. The summed E-state index contributed by atoms with van der Waals surface area (Å²) in [7, 11) is 0. The Balaban J connectivity index is 1.71. The number of benzene rings is 2. The standard InChI is InChI=1S/C26H27F3N2O/c1-5-23(20-8-11-24(17(3)14-20)32-26(28)29)30-13-12-22-15-16(2)18(4)25(31-22)19-6-9-21(27)10-7-19/h5-11,14-15,26,30H,12-13H2,1-4H3. The van der Waals surface area contributed by atoms with E-state index >= 15 is 0 Å². The average molecular weight is 441 g/mol. The molecule has 3 nitrogen and oxygen atoms in total. The Bertz CT molecular complexity index is 1110. The third-order valence-electron chi connectivity index (χ3n) is 5.39. The van der Waals surface area contributed by atoms with Gasteiger partial charge in [0.05, 0.1) is 5.69 Å². The van der Waals surface area contributed by atoms with Crippen LogP contribution in [-0.2, 0) is 6.42 Å². The van der Waals surface area contributed by atoms with E-state index in [0.717, 1.165) is 39.3 Å². The molecular weight excluding hydrogens is 413 g/mol. The van der Waals surface area contributed by atoms with Crippen molar-refractivity contribution in [3.05, 3.63) is 88.4 Å². The molecule has 6 heteroatoms. The van der Waals surface area contributed by atoms with Crippen LogP contribution in [0, 0.1) is 26.6 Å². The van der Waals surface area contributed by atoms with Crippen molar-refractivity contribution in [1.82, 2.24) is 10.3 Å². The maximum absolute atomic E-state index is 13.3. The second kappa shape index (κ2) is 10.4. The minimum absolute atomic E-state index is 0.173. The van der Waals surface area contributed by atoms with Gasteiger partial charge in [0.25, 0.3) is 0 Å². The lowest BCUT2D eigenvalue weighted by atomic mass is 10.0. The van der Waals surface area contributed by atoms with Crippen LogP contribution in [0.15, 0.2) is 54.6 Å². The van der Waals surface area contributed by atoms with Gasteiger partial charge >= 0.3 is 6.61 Å². The number of aromatic nitrogens is 1. The van der Waals surface area contributed by atoms with Crippen molar-refractivity contribution in [2.45, 2.75) is 40.7 Å². The highest BCUT2D eigenvalue weighted by Gasteiger charge is 2.11. The fourth-order valence-corrected chi connectivity index (χ4v) is 3.56. The Hall–Kier alpha value is -3.28. The Morgan fingerprint density at radius 2 is 1.75 bits per heavy atom. The summed E-state index contributed by atoms with van der Waals surface area (Å²) >= 11 is 0. The van der Waals surface area contributed by atoms with E-state index in [9.17, 15) is 13.2 Å². The molecule has 0 amide bonds. The fourth-order valence-electron chi connectivity index (χ4n) is 3.56. The van der Waals surface area contributed by atoms with Crippen molar-refractivity contribution in [3.63, 3.8) is 0 Å². The van der Waals surface area contributed by atoms with Crippen molar-refractivity contribution < 1.29 is 17.9 Å². The van der Waals surface area contributed by atoms with Gasteiger partial charge in [-0.25, -0.2) is 4.39 Å². The highest BCUT2D eigenvalue weighted by molar-refractivity contribution is 5.66. The summed E-state index contributed by atoms with van der Waals surface area (Å²) in [6, 6.07) is 13.6. The van der Waals surface area contributed by atoms with Crippen LogP contribution in [0.5, 0.6) is 5.75 Å². The van der Waals surface area contributed by atoms with Crippen molar-refractivity contribution in [1.29, 1.82) is 0 Å². The predicted octanol–water partition coefficient (Wildman–Crippen LogP) is 6.61. The van der Waals surface area contributed by atoms with E-state index in [2.05, 4.69) is 16.1 Å². The summed E-state index contributed by atoms with van der Waals surface area (Å²) < 4.78 is 42.8. The van der Waals surface area contributed by atoms with Crippen LogP contribution >= 0.6 is 0 Å². The van der Waals surface area contributed by atoms with E-state index in [1.807, 2.05) is 32.9 Å². The molecule has 32 heavy (non-hydrogen) atoms. The van der Waals surface area contributed by atoms with E-state index in [0.29, 0.717) is 18.5 Å². The maximum Gasteiger partial charge on any atom is 0.387 e. The summed E-state index contributed by atoms with van der Waals surface area (Å²) in [4.78, 5) is 4.81. The first kappa shape index (κ1) is 23.4. The van der Waals surface area contributed by atoms with Gasteiger partial charge in [0.1, 0.15) is 11.6 Å². The number of nitrogens with zero attached hydrogens (tertiary/aromatic N) is 1. The second-order valence-corrected chi connectivity index (χ2v) is 7.65. The van der Waals surface area contributed by atoms with Crippen LogP contribution in [0.1, 0.15) is 34.9 Å². The molecule has 0 saturated heterocycles. The van der Waals surface area contributed by atoms with E-state index in [1.165, 1.54) is 12.1 Å². The predicted molar refractivity (Wildman–Crippen MR) is 122 cm³/mol. The quantitative estimate of drug-likeness (QED) is 0.428. The lowest BCUT2D eigenvalue weighted by Crippen LogP contribution is -2.17. The van der Waals surface area contributed by atoms with E-state index in [1.54, 1.807) is 31.2 Å². The Morgan fingerprint density at radius 3 is 2.38 bits per heavy atom. The van der Waals surface area contributed by atoms with Crippen LogP contribution in [0.25, 0.3) is 17.0 Å². The molecule has 1 heterocycles. The van der Waals surface area contributed by atoms with Crippen molar-refractivity contribution in [2.75, 3.05) is 6.54 Å². The minimum Gasteiger partial charge on any atom is -0.435 e. The van der Waals surface area contributed by atoms with E-state index in [4.69, 9.17) is 4.98 Å². The van der Waals surface area contributed by atoms with Gasteiger partial charge in [0.2, 0.25) is 0 Å². The molecule has 3 rings (SSSR count). The number of alkyl halides is 2. The number of aryl methyl sites for hydroxylation is 2. The van der Waals surface area contributed by atoms with Crippen LogP contribution in [-0.4, -0.2) is 18.1 Å². The van der Waals surface area contributed by atoms with Gasteiger partial charge in [0.15, 0.2) is 0 Å². The van der Waals surface area contributed by atoms with E-state index in [-0.39, 0.29) is 11.6 Å². The zero-order chi connectivity index (χ0) is 23.3. The summed E-state index contributed by atoms with van der Waals surface area (Å²) in [5.41, 5.74) is 7.32. The summed E-state index contributed by atoms with van der Waals surface area (Å²) in [5, 5.41) is 3.40. The van der Waals surface area contributed by atoms with Crippen LogP contribution in [0.4, 0.5) is 13.2 Å². The monoisotopic (exact) mass is 440 g/mol. The third-order valence-corrected chi connectivity index (χ3v) is 5.39. The largest absolute Gasteiger partial charge is 0.435 e. The first-order chi connectivity index (χ1) is 15.3. The number of ether oxygens (including phenoxy) is 1. The molecule has 0 spiro atoms. The maximum atomic E-state index is 13.3. The van der Waals surface area contributed by atoms with Crippen LogP contribution in [0.3, 0.4) is 0 Å². The van der Waals surface area contributed by atoms with Gasteiger partial charge in [0, 0.05) is 29.9 Å². The zero-order valence-electron chi connectivity index (χ0n) is 18.7. The summed E-state index contributed by atoms with van der Waals surface area (Å²) in [5.74, 6) is -0.0988. The molecule has 0 fully saturated rings. The summed E-state index contributed by atoms with van der Waals surface area (Å²) in [6.07, 6.45) is 2.64. The highest BCUT2D eigenvalue weighted by Crippen LogP contribution is 2.26. The smallest absolute Gasteiger partial charge is 0.387 e. The minimum atomic E-state index is -2.84. The molecule has 0 atom stereocenters. The molecule has 168 valence electrons. The molecule has 0 aliphatic rings. The van der Waals surface area contributed by atoms with Gasteiger partial charge in [-0.05, 0) is 98.5 Å². The molecule has 1 N–H and O–H groups in total. The van der Waals surface area contributed by atoms with Crippen molar-refractivity contribution in [3.8, 4) is 17.0 Å². The van der Waals surface area contributed by atoms with Crippen molar-refractivity contribution in [2.24, 2.45) is 0 Å². The molecule has 3 aromatic rings.